The summed E-state index contributed by atoms with van der Waals surface area (Å²) in [6, 6.07) is 6.86. The molecule has 18 heavy (non-hydrogen) atoms. The van der Waals surface area contributed by atoms with Crippen molar-refractivity contribution in [3.63, 3.8) is 0 Å². The molecular weight excluding hydrogens is 248 g/mol. The third kappa shape index (κ3) is 2.08. The van der Waals surface area contributed by atoms with Crippen molar-refractivity contribution in [2.24, 2.45) is 5.92 Å². The van der Waals surface area contributed by atoms with Crippen LogP contribution in [0, 0.1) is 12.8 Å². The van der Waals surface area contributed by atoms with Crippen LogP contribution in [0.1, 0.15) is 37.7 Å². The predicted molar refractivity (Wildman–Crippen MR) is 68.8 cm³/mol. The van der Waals surface area contributed by atoms with Crippen LogP contribution in [-0.2, 0) is 14.3 Å². The van der Waals surface area contributed by atoms with E-state index < -0.39 is 10.1 Å². The summed E-state index contributed by atoms with van der Waals surface area (Å²) in [5.41, 5.74) is 0.691. The van der Waals surface area contributed by atoms with Gasteiger partial charge in [-0.2, -0.15) is 8.42 Å². The molecule has 0 saturated heterocycles. The van der Waals surface area contributed by atoms with E-state index in [1.165, 1.54) is 6.42 Å². The summed E-state index contributed by atoms with van der Waals surface area (Å²) in [4.78, 5) is 0.277. The van der Waals surface area contributed by atoms with Gasteiger partial charge in [-0.3, -0.25) is 4.18 Å². The maximum atomic E-state index is 12.2. The lowest BCUT2D eigenvalue weighted by atomic mass is 9.79. The highest BCUT2D eigenvalue weighted by atomic mass is 32.2. The summed E-state index contributed by atoms with van der Waals surface area (Å²) in [6.45, 7) is 1.94. The molecule has 4 heteroatoms. The molecule has 0 aliphatic heterocycles. The van der Waals surface area contributed by atoms with Gasteiger partial charge in [0, 0.05) is 0 Å². The second-order valence-corrected chi connectivity index (χ2v) is 7.09. The van der Waals surface area contributed by atoms with Gasteiger partial charge in [-0.15, -0.1) is 0 Å². The first-order valence-corrected chi connectivity index (χ1v) is 7.95. The summed E-state index contributed by atoms with van der Waals surface area (Å²) in [6.07, 6.45) is 5.22. The van der Waals surface area contributed by atoms with Gasteiger partial charge in [0.05, 0.1) is 10.5 Å². The molecule has 0 bridgehead atoms. The zero-order valence-corrected chi connectivity index (χ0v) is 11.4. The molecule has 3 nitrogen and oxygen atoms in total. The lowest BCUT2D eigenvalue weighted by Gasteiger charge is -2.33. The Hall–Kier alpha value is -0.870. The molecule has 1 aromatic rings. The molecule has 2 saturated carbocycles. The maximum Gasteiger partial charge on any atom is 0.297 e. The summed E-state index contributed by atoms with van der Waals surface area (Å²) in [5, 5.41) is 0. The molecule has 0 unspecified atom stereocenters. The Morgan fingerprint density at radius 2 is 1.78 bits per heavy atom. The average Bonchev–Trinajstić information content (AvgIpc) is 2.95. The molecule has 0 N–H and O–H groups in total. The summed E-state index contributed by atoms with van der Waals surface area (Å²) < 4.78 is 30.0. The van der Waals surface area contributed by atoms with Crippen molar-refractivity contribution >= 4 is 10.1 Å². The van der Waals surface area contributed by atoms with E-state index in [1.807, 2.05) is 6.92 Å². The Balaban J connectivity index is 1.80. The van der Waals surface area contributed by atoms with E-state index in [2.05, 4.69) is 0 Å². The number of rotatable bonds is 4. The molecule has 0 aromatic heterocycles. The standard InChI is InChI=1S/C14H18O3S/c1-11-5-7-13(8-6-11)18(15,16)17-14(9-10-14)12-3-2-4-12/h5-8,12H,2-4,9-10H2,1H3. The smallest absolute Gasteiger partial charge is 0.259 e. The number of benzene rings is 1. The SMILES string of the molecule is Cc1ccc(S(=O)(=O)OC2(C3CCC3)CC2)cc1. The molecule has 0 amide bonds. The van der Waals surface area contributed by atoms with Gasteiger partial charge in [0.2, 0.25) is 0 Å². The van der Waals surface area contributed by atoms with Crippen molar-refractivity contribution in [3.8, 4) is 0 Å². The van der Waals surface area contributed by atoms with Crippen LogP contribution in [0.5, 0.6) is 0 Å². The fourth-order valence-corrected chi connectivity index (χ4v) is 3.89. The van der Waals surface area contributed by atoms with Crippen molar-refractivity contribution in [1.82, 2.24) is 0 Å². The minimum atomic E-state index is -3.59. The molecule has 98 valence electrons. The van der Waals surface area contributed by atoms with Crippen molar-refractivity contribution in [1.29, 1.82) is 0 Å². The Labute approximate surface area is 108 Å². The van der Waals surface area contributed by atoms with Gasteiger partial charge in [0.1, 0.15) is 0 Å². The highest BCUT2D eigenvalue weighted by Crippen LogP contribution is 2.54. The van der Waals surface area contributed by atoms with E-state index in [4.69, 9.17) is 4.18 Å². The van der Waals surface area contributed by atoms with Crippen molar-refractivity contribution in [2.75, 3.05) is 0 Å². The van der Waals surface area contributed by atoms with Gasteiger partial charge in [-0.1, -0.05) is 24.1 Å². The zero-order chi connectivity index (χ0) is 12.8. The highest BCUT2D eigenvalue weighted by Gasteiger charge is 2.55. The van der Waals surface area contributed by atoms with Gasteiger partial charge in [0.25, 0.3) is 10.1 Å². The molecule has 0 atom stereocenters. The van der Waals surface area contributed by atoms with E-state index in [0.717, 1.165) is 31.2 Å². The lowest BCUT2D eigenvalue weighted by molar-refractivity contribution is 0.0675. The van der Waals surface area contributed by atoms with Crippen LogP contribution in [0.4, 0.5) is 0 Å². The fraction of sp³-hybridized carbons (Fsp3) is 0.571. The minimum Gasteiger partial charge on any atom is -0.259 e. The molecule has 2 aliphatic rings. The Bertz CT molecular complexity index is 537. The second-order valence-electron chi connectivity index (χ2n) is 5.54. The molecule has 3 rings (SSSR count). The highest BCUT2D eigenvalue weighted by molar-refractivity contribution is 7.86. The van der Waals surface area contributed by atoms with Crippen LogP contribution < -0.4 is 0 Å². The third-order valence-electron chi connectivity index (χ3n) is 4.18. The van der Waals surface area contributed by atoms with E-state index in [0.29, 0.717) is 5.92 Å². The van der Waals surface area contributed by atoms with Gasteiger partial charge < -0.3 is 0 Å². The number of hydrogen-bond donors (Lipinski definition) is 0. The fourth-order valence-electron chi connectivity index (χ4n) is 2.59. The molecule has 0 spiro atoms. The van der Waals surface area contributed by atoms with Gasteiger partial charge in [-0.05, 0) is 50.7 Å². The topological polar surface area (TPSA) is 43.4 Å². The van der Waals surface area contributed by atoms with E-state index in [1.54, 1.807) is 24.3 Å². The molecule has 0 radical (unpaired) electrons. The van der Waals surface area contributed by atoms with Crippen LogP contribution in [0.3, 0.4) is 0 Å². The normalized spacial score (nSPS) is 22.5. The molecular formula is C14H18O3S. The molecule has 2 aliphatic carbocycles. The van der Waals surface area contributed by atoms with Crippen LogP contribution in [-0.4, -0.2) is 14.0 Å². The van der Waals surface area contributed by atoms with Crippen molar-refractivity contribution in [2.45, 2.75) is 49.5 Å². The van der Waals surface area contributed by atoms with Crippen molar-refractivity contribution < 1.29 is 12.6 Å². The van der Waals surface area contributed by atoms with E-state index in [9.17, 15) is 8.42 Å². The summed E-state index contributed by atoms with van der Waals surface area (Å²) in [5.74, 6) is 0.456. The zero-order valence-electron chi connectivity index (χ0n) is 10.6. The van der Waals surface area contributed by atoms with Crippen LogP contribution in [0.25, 0.3) is 0 Å². The first-order valence-electron chi connectivity index (χ1n) is 6.54. The van der Waals surface area contributed by atoms with Gasteiger partial charge in [0.15, 0.2) is 0 Å². The summed E-state index contributed by atoms with van der Waals surface area (Å²) >= 11 is 0. The largest absolute Gasteiger partial charge is 0.297 e. The average molecular weight is 266 g/mol. The van der Waals surface area contributed by atoms with Crippen molar-refractivity contribution in [3.05, 3.63) is 29.8 Å². The Morgan fingerprint density at radius 3 is 2.22 bits per heavy atom. The predicted octanol–water partition coefficient (Wildman–Crippen LogP) is 3.03. The first kappa shape index (κ1) is 12.2. The maximum absolute atomic E-state index is 12.2. The quantitative estimate of drug-likeness (QED) is 0.787. The lowest BCUT2D eigenvalue weighted by Crippen LogP contribution is -2.33. The molecule has 0 heterocycles. The van der Waals surface area contributed by atoms with Crippen LogP contribution in [0.15, 0.2) is 29.2 Å². The number of aryl methyl sites for hydroxylation is 1. The molecule has 1 aromatic carbocycles. The van der Waals surface area contributed by atoms with Crippen LogP contribution in [0.2, 0.25) is 0 Å². The van der Waals surface area contributed by atoms with E-state index >= 15 is 0 Å². The second kappa shape index (κ2) is 4.07. The van der Waals surface area contributed by atoms with Gasteiger partial charge in [-0.25, -0.2) is 0 Å². The summed E-state index contributed by atoms with van der Waals surface area (Å²) in [7, 11) is -3.59. The monoisotopic (exact) mass is 266 g/mol. The molecule has 2 fully saturated rings. The number of hydrogen-bond acceptors (Lipinski definition) is 3. The third-order valence-corrected chi connectivity index (χ3v) is 5.58. The Morgan fingerprint density at radius 1 is 1.17 bits per heavy atom. The minimum absolute atomic E-state index is 0.277. The van der Waals surface area contributed by atoms with Gasteiger partial charge >= 0.3 is 0 Å². The van der Waals surface area contributed by atoms with Crippen LogP contribution >= 0.6 is 0 Å². The van der Waals surface area contributed by atoms with E-state index in [-0.39, 0.29) is 10.5 Å². The Kier molecular flexibility index (Phi) is 2.75. The first-order chi connectivity index (χ1) is 8.52.